The van der Waals surface area contributed by atoms with Crippen molar-refractivity contribution in [2.45, 2.75) is 59.0 Å². The quantitative estimate of drug-likeness (QED) is 0.740. The first-order valence-electron chi connectivity index (χ1n) is 10.0. The van der Waals surface area contributed by atoms with Gasteiger partial charge in [0.1, 0.15) is 5.82 Å². The second-order valence-corrected chi connectivity index (χ2v) is 7.28. The fraction of sp³-hybridized carbons (Fsp3) is 0.429. The first kappa shape index (κ1) is 18.4. The molecule has 1 N–H and O–H groups in total. The molecule has 0 radical (unpaired) electrons. The summed E-state index contributed by atoms with van der Waals surface area (Å²) in [6.07, 6.45) is 6.84. The maximum Gasteiger partial charge on any atom is 0.255 e. The monoisotopic (exact) mass is 378 g/mol. The molecule has 4 rings (SSSR count). The van der Waals surface area contributed by atoms with Crippen molar-refractivity contribution in [2.75, 3.05) is 0 Å². The Balaban J connectivity index is 1.51. The summed E-state index contributed by atoms with van der Waals surface area (Å²) in [5.41, 5.74) is 3.67. The van der Waals surface area contributed by atoms with Crippen molar-refractivity contribution < 1.29 is 4.79 Å². The Hall–Kier alpha value is -2.96. The molecule has 3 heterocycles. The highest BCUT2D eigenvalue weighted by Gasteiger charge is 2.19. The molecule has 0 bridgehead atoms. The van der Waals surface area contributed by atoms with E-state index in [-0.39, 0.29) is 5.91 Å². The molecule has 1 aromatic carbocycles. The number of benzene rings is 1. The van der Waals surface area contributed by atoms with E-state index < -0.39 is 0 Å². The van der Waals surface area contributed by atoms with E-state index in [0.29, 0.717) is 12.1 Å². The number of nitrogens with one attached hydrogen (secondary N) is 1. The molecule has 0 spiro atoms. The van der Waals surface area contributed by atoms with E-state index in [1.807, 2.05) is 35.9 Å². The molecule has 1 aliphatic rings. The number of rotatable bonds is 5. The summed E-state index contributed by atoms with van der Waals surface area (Å²) in [5, 5.41) is 16.0. The zero-order valence-corrected chi connectivity index (χ0v) is 16.5. The third kappa shape index (κ3) is 3.56. The number of carbonyl (C=O) groups excluding carboxylic acids is 1. The average Bonchev–Trinajstić information content (AvgIpc) is 3.23. The number of fused-ring (bicyclic) bond motifs is 1. The van der Waals surface area contributed by atoms with Gasteiger partial charge in [-0.25, -0.2) is 4.68 Å². The molecule has 0 aliphatic carbocycles. The smallest absolute Gasteiger partial charge is 0.255 e. The van der Waals surface area contributed by atoms with Crippen molar-refractivity contribution in [2.24, 2.45) is 0 Å². The topological polar surface area (TPSA) is 77.6 Å². The third-order valence-electron chi connectivity index (χ3n) is 5.32. The molecule has 28 heavy (non-hydrogen) atoms. The van der Waals surface area contributed by atoms with E-state index in [9.17, 15) is 4.79 Å². The SMILES string of the molecule is CCc1c(C(=O)NCc2nnc3n2CCCCC3)cnn1-c1ccc(C)cc1. The lowest BCUT2D eigenvalue weighted by Crippen LogP contribution is -2.25. The highest BCUT2D eigenvalue weighted by molar-refractivity contribution is 5.95. The Morgan fingerprint density at radius 2 is 1.96 bits per heavy atom. The van der Waals surface area contributed by atoms with Gasteiger partial charge in [-0.15, -0.1) is 10.2 Å². The van der Waals surface area contributed by atoms with E-state index in [2.05, 4.69) is 32.1 Å². The minimum Gasteiger partial charge on any atom is -0.345 e. The highest BCUT2D eigenvalue weighted by atomic mass is 16.1. The number of aromatic nitrogens is 5. The van der Waals surface area contributed by atoms with E-state index in [4.69, 9.17) is 0 Å². The summed E-state index contributed by atoms with van der Waals surface area (Å²) in [4.78, 5) is 12.8. The zero-order chi connectivity index (χ0) is 19.5. The van der Waals surface area contributed by atoms with Crippen LogP contribution >= 0.6 is 0 Å². The number of amides is 1. The van der Waals surface area contributed by atoms with Gasteiger partial charge in [0.15, 0.2) is 5.82 Å². The van der Waals surface area contributed by atoms with Crippen LogP contribution in [0.4, 0.5) is 0 Å². The van der Waals surface area contributed by atoms with Gasteiger partial charge in [0.2, 0.25) is 0 Å². The van der Waals surface area contributed by atoms with Crippen molar-refractivity contribution in [3.63, 3.8) is 0 Å². The van der Waals surface area contributed by atoms with Gasteiger partial charge < -0.3 is 9.88 Å². The first-order chi connectivity index (χ1) is 13.7. The van der Waals surface area contributed by atoms with Crippen LogP contribution < -0.4 is 5.32 Å². The normalized spacial score (nSPS) is 13.8. The molecule has 3 aromatic rings. The molecule has 0 fully saturated rings. The van der Waals surface area contributed by atoms with Crippen LogP contribution in [0.5, 0.6) is 0 Å². The van der Waals surface area contributed by atoms with Crippen LogP contribution in [0.25, 0.3) is 5.69 Å². The molecular formula is C21H26N6O. The zero-order valence-electron chi connectivity index (χ0n) is 16.5. The van der Waals surface area contributed by atoms with E-state index in [0.717, 1.165) is 55.3 Å². The lowest BCUT2D eigenvalue weighted by atomic mass is 10.1. The van der Waals surface area contributed by atoms with Crippen molar-refractivity contribution in [3.05, 3.63) is 58.9 Å². The molecule has 2 aromatic heterocycles. The second kappa shape index (κ2) is 7.96. The van der Waals surface area contributed by atoms with Crippen LogP contribution in [0.2, 0.25) is 0 Å². The van der Waals surface area contributed by atoms with E-state index in [1.165, 1.54) is 12.0 Å². The standard InChI is InChI=1S/C21H26N6O/c1-3-18-17(13-23-27(18)16-10-8-15(2)9-11-16)21(28)22-14-20-25-24-19-7-5-4-6-12-26(19)20/h8-11,13H,3-7,12,14H2,1-2H3,(H,22,28). The highest BCUT2D eigenvalue weighted by Crippen LogP contribution is 2.17. The molecule has 7 heteroatoms. The van der Waals surface area contributed by atoms with Crippen molar-refractivity contribution >= 4 is 5.91 Å². The first-order valence-corrected chi connectivity index (χ1v) is 10.0. The van der Waals surface area contributed by atoms with Crippen LogP contribution in [-0.4, -0.2) is 30.5 Å². The minimum absolute atomic E-state index is 0.124. The van der Waals surface area contributed by atoms with Crippen molar-refractivity contribution in [3.8, 4) is 5.69 Å². The van der Waals surface area contributed by atoms with Crippen LogP contribution in [-0.2, 0) is 25.9 Å². The lowest BCUT2D eigenvalue weighted by molar-refractivity contribution is 0.0948. The summed E-state index contributed by atoms with van der Waals surface area (Å²) in [6, 6.07) is 8.14. The predicted molar refractivity (Wildman–Crippen MR) is 106 cm³/mol. The van der Waals surface area contributed by atoms with Gasteiger partial charge in [0.05, 0.1) is 29.7 Å². The molecule has 0 saturated heterocycles. The minimum atomic E-state index is -0.124. The van der Waals surface area contributed by atoms with Gasteiger partial charge in [-0.1, -0.05) is 31.0 Å². The van der Waals surface area contributed by atoms with Crippen molar-refractivity contribution in [1.82, 2.24) is 29.9 Å². The number of nitrogens with zero attached hydrogens (tertiary/aromatic N) is 5. The summed E-state index contributed by atoms with van der Waals surface area (Å²) >= 11 is 0. The Bertz CT molecular complexity index is 969. The number of aryl methyl sites for hydroxylation is 2. The van der Waals surface area contributed by atoms with Crippen molar-refractivity contribution in [1.29, 1.82) is 0 Å². The molecular weight excluding hydrogens is 352 g/mol. The number of carbonyl (C=O) groups is 1. The third-order valence-corrected chi connectivity index (χ3v) is 5.32. The number of hydrogen-bond acceptors (Lipinski definition) is 4. The van der Waals surface area contributed by atoms with Crippen LogP contribution in [0.3, 0.4) is 0 Å². The summed E-state index contributed by atoms with van der Waals surface area (Å²) in [5.74, 6) is 1.73. The van der Waals surface area contributed by atoms with Gasteiger partial charge in [-0.2, -0.15) is 5.10 Å². The fourth-order valence-electron chi connectivity index (χ4n) is 3.74. The molecule has 1 aliphatic heterocycles. The maximum atomic E-state index is 12.8. The molecule has 0 saturated carbocycles. The maximum absolute atomic E-state index is 12.8. The molecule has 0 unspecified atom stereocenters. The number of hydrogen-bond donors (Lipinski definition) is 1. The van der Waals surface area contributed by atoms with Gasteiger partial charge in [0, 0.05) is 13.0 Å². The summed E-state index contributed by atoms with van der Waals surface area (Å²) in [6.45, 7) is 5.40. The largest absolute Gasteiger partial charge is 0.345 e. The van der Waals surface area contributed by atoms with Gasteiger partial charge in [0.25, 0.3) is 5.91 Å². The Morgan fingerprint density at radius 1 is 1.14 bits per heavy atom. The van der Waals surface area contributed by atoms with Gasteiger partial charge >= 0.3 is 0 Å². The van der Waals surface area contributed by atoms with Gasteiger partial charge in [-0.05, 0) is 38.3 Å². The van der Waals surface area contributed by atoms with E-state index >= 15 is 0 Å². The Morgan fingerprint density at radius 3 is 2.75 bits per heavy atom. The van der Waals surface area contributed by atoms with Crippen LogP contribution in [0, 0.1) is 6.92 Å². The Labute approximate surface area is 164 Å². The average molecular weight is 378 g/mol. The lowest BCUT2D eigenvalue weighted by Gasteiger charge is -2.10. The molecule has 7 nitrogen and oxygen atoms in total. The molecule has 1 amide bonds. The molecule has 0 atom stereocenters. The van der Waals surface area contributed by atoms with Crippen LogP contribution in [0.15, 0.2) is 30.5 Å². The molecule has 146 valence electrons. The van der Waals surface area contributed by atoms with Gasteiger partial charge in [-0.3, -0.25) is 4.79 Å². The summed E-state index contributed by atoms with van der Waals surface area (Å²) in [7, 11) is 0. The van der Waals surface area contributed by atoms with E-state index in [1.54, 1.807) is 6.20 Å². The summed E-state index contributed by atoms with van der Waals surface area (Å²) < 4.78 is 4.00. The Kier molecular flexibility index (Phi) is 5.23. The second-order valence-electron chi connectivity index (χ2n) is 7.28. The fourth-order valence-corrected chi connectivity index (χ4v) is 3.74. The van der Waals surface area contributed by atoms with Crippen LogP contribution in [0.1, 0.15) is 59.5 Å². The predicted octanol–water partition coefficient (Wildman–Crippen LogP) is 2.99.